The predicted molar refractivity (Wildman–Crippen MR) is 85.1 cm³/mol. The highest BCUT2D eigenvalue weighted by atomic mass is 35.5. The molecule has 1 N–H and O–H groups in total. The molecule has 22 heavy (non-hydrogen) atoms. The quantitative estimate of drug-likeness (QED) is 0.893. The van der Waals surface area contributed by atoms with Crippen molar-refractivity contribution in [1.29, 1.82) is 0 Å². The molecule has 2 atom stereocenters. The van der Waals surface area contributed by atoms with Gasteiger partial charge in [0.1, 0.15) is 0 Å². The number of benzene rings is 1. The minimum atomic E-state index is -1.22. The van der Waals surface area contributed by atoms with E-state index < -0.39 is 6.10 Å². The molecule has 1 heterocycles. The Kier molecular flexibility index (Phi) is 4.93. The molecule has 0 spiro atoms. The SMILES string of the molecule is O=C(C(O)c1cc(Cl)cc(Cl)c1)N(CC1CCOC1)C1CC1. The lowest BCUT2D eigenvalue weighted by molar-refractivity contribution is -0.141. The van der Waals surface area contributed by atoms with E-state index in [1.165, 1.54) is 0 Å². The van der Waals surface area contributed by atoms with Crippen molar-refractivity contribution in [2.24, 2.45) is 5.92 Å². The Morgan fingerprint density at radius 2 is 1.95 bits per heavy atom. The van der Waals surface area contributed by atoms with Crippen molar-refractivity contribution in [1.82, 2.24) is 4.90 Å². The summed E-state index contributed by atoms with van der Waals surface area (Å²) in [5.41, 5.74) is 0.441. The number of carbonyl (C=O) groups is 1. The van der Waals surface area contributed by atoms with E-state index in [0.717, 1.165) is 25.9 Å². The summed E-state index contributed by atoms with van der Waals surface area (Å²) in [6, 6.07) is 5.00. The molecule has 6 heteroatoms. The highest BCUT2D eigenvalue weighted by Crippen LogP contribution is 2.32. The van der Waals surface area contributed by atoms with Gasteiger partial charge in [0.05, 0.1) is 6.61 Å². The summed E-state index contributed by atoms with van der Waals surface area (Å²) in [4.78, 5) is 14.5. The van der Waals surface area contributed by atoms with Crippen molar-refractivity contribution in [2.75, 3.05) is 19.8 Å². The largest absolute Gasteiger partial charge is 0.381 e. The van der Waals surface area contributed by atoms with Gasteiger partial charge in [0.15, 0.2) is 6.10 Å². The fourth-order valence-electron chi connectivity index (χ4n) is 2.84. The van der Waals surface area contributed by atoms with Crippen LogP contribution in [0.5, 0.6) is 0 Å². The van der Waals surface area contributed by atoms with Crippen LogP contribution in [0, 0.1) is 5.92 Å². The normalized spacial score (nSPS) is 22.6. The van der Waals surface area contributed by atoms with Crippen LogP contribution in [0.4, 0.5) is 0 Å². The molecule has 1 aliphatic carbocycles. The van der Waals surface area contributed by atoms with Gasteiger partial charge in [-0.05, 0) is 43.0 Å². The minimum absolute atomic E-state index is 0.248. The second-order valence-electron chi connectivity index (χ2n) is 6.06. The van der Waals surface area contributed by atoms with Gasteiger partial charge in [-0.2, -0.15) is 0 Å². The summed E-state index contributed by atoms with van der Waals surface area (Å²) in [6.45, 7) is 2.09. The average molecular weight is 344 g/mol. The molecule has 1 saturated heterocycles. The zero-order chi connectivity index (χ0) is 15.7. The molecule has 2 unspecified atom stereocenters. The van der Waals surface area contributed by atoms with Crippen molar-refractivity contribution < 1.29 is 14.6 Å². The predicted octanol–water partition coefficient (Wildman–Crippen LogP) is 3.05. The van der Waals surface area contributed by atoms with Gasteiger partial charge < -0.3 is 14.7 Å². The monoisotopic (exact) mass is 343 g/mol. The smallest absolute Gasteiger partial charge is 0.256 e. The zero-order valence-electron chi connectivity index (χ0n) is 12.2. The van der Waals surface area contributed by atoms with E-state index in [1.807, 2.05) is 0 Å². The number of nitrogens with zero attached hydrogens (tertiary/aromatic N) is 1. The molecule has 1 aromatic rings. The van der Waals surface area contributed by atoms with Gasteiger partial charge in [-0.3, -0.25) is 4.79 Å². The number of rotatable bonds is 5. The molecule has 4 nitrogen and oxygen atoms in total. The average Bonchev–Trinajstić information content (AvgIpc) is 3.19. The Hall–Kier alpha value is -0.810. The van der Waals surface area contributed by atoms with Crippen molar-refractivity contribution in [3.05, 3.63) is 33.8 Å². The lowest BCUT2D eigenvalue weighted by Gasteiger charge is -2.27. The Morgan fingerprint density at radius 3 is 2.50 bits per heavy atom. The first-order valence-corrected chi connectivity index (χ1v) is 8.32. The van der Waals surface area contributed by atoms with Crippen LogP contribution >= 0.6 is 23.2 Å². The molecule has 1 saturated carbocycles. The number of ether oxygens (including phenoxy) is 1. The van der Waals surface area contributed by atoms with Crippen LogP contribution < -0.4 is 0 Å². The van der Waals surface area contributed by atoms with Gasteiger partial charge >= 0.3 is 0 Å². The molecule has 3 rings (SSSR count). The molecule has 1 aromatic carbocycles. The minimum Gasteiger partial charge on any atom is -0.381 e. The van der Waals surface area contributed by atoms with Crippen molar-refractivity contribution in [3.8, 4) is 0 Å². The zero-order valence-corrected chi connectivity index (χ0v) is 13.7. The molecule has 1 amide bonds. The summed E-state index contributed by atoms with van der Waals surface area (Å²) >= 11 is 11.9. The number of aliphatic hydroxyl groups excluding tert-OH is 1. The van der Waals surface area contributed by atoms with Gasteiger partial charge in [-0.1, -0.05) is 23.2 Å². The van der Waals surface area contributed by atoms with Gasteiger partial charge in [0.25, 0.3) is 5.91 Å². The number of aliphatic hydroxyl groups is 1. The summed E-state index contributed by atoms with van der Waals surface area (Å²) in [6.07, 6.45) is 1.75. The summed E-state index contributed by atoms with van der Waals surface area (Å²) in [7, 11) is 0. The highest BCUT2D eigenvalue weighted by Gasteiger charge is 2.37. The van der Waals surface area contributed by atoms with E-state index in [9.17, 15) is 9.90 Å². The van der Waals surface area contributed by atoms with E-state index in [1.54, 1.807) is 23.1 Å². The molecule has 2 fully saturated rings. The fourth-order valence-corrected chi connectivity index (χ4v) is 3.39. The Morgan fingerprint density at radius 1 is 1.27 bits per heavy atom. The van der Waals surface area contributed by atoms with Gasteiger partial charge in [0.2, 0.25) is 0 Å². The molecule has 0 radical (unpaired) electrons. The number of carbonyl (C=O) groups excluding carboxylic acids is 1. The highest BCUT2D eigenvalue weighted by molar-refractivity contribution is 6.34. The molecule has 0 bridgehead atoms. The van der Waals surface area contributed by atoms with Crippen LogP contribution in [0.15, 0.2) is 18.2 Å². The maximum Gasteiger partial charge on any atom is 0.256 e. The number of hydrogen-bond donors (Lipinski definition) is 1. The third-order valence-electron chi connectivity index (χ3n) is 4.18. The Balaban J connectivity index is 1.74. The summed E-state index contributed by atoms with van der Waals surface area (Å²) in [5, 5.41) is 11.2. The first kappa shape index (κ1) is 16.1. The van der Waals surface area contributed by atoms with E-state index in [4.69, 9.17) is 27.9 Å². The number of halogens is 2. The van der Waals surface area contributed by atoms with Crippen molar-refractivity contribution in [2.45, 2.75) is 31.4 Å². The van der Waals surface area contributed by atoms with Crippen LogP contribution in [-0.2, 0) is 9.53 Å². The van der Waals surface area contributed by atoms with Gasteiger partial charge in [0, 0.05) is 35.2 Å². The van der Waals surface area contributed by atoms with Crippen LogP contribution in [0.2, 0.25) is 10.0 Å². The standard InChI is InChI=1S/C16H19Cl2NO3/c17-12-5-11(6-13(18)7-12)15(20)16(21)19(14-1-2-14)8-10-3-4-22-9-10/h5-7,10,14-15,20H,1-4,8-9H2. The lowest BCUT2D eigenvalue weighted by Crippen LogP contribution is -2.40. The maximum absolute atomic E-state index is 12.7. The second-order valence-corrected chi connectivity index (χ2v) is 6.93. The lowest BCUT2D eigenvalue weighted by atomic mass is 10.1. The van der Waals surface area contributed by atoms with E-state index in [0.29, 0.717) is 34.7 Å². The molecule has 2 aliphatic rings. The fraction of sp³-hybridized carbons (Fsp3) is 0.562. The molecule has 0 aromatic heterocycles. The van der Waals surface area contributed by atoms with Crippen molar-refractivity contribution >= 4 is 29.1 Å². The van der Waals surface area contributed by atoms with Crippen LogP contribution in [-0.4, -0.2) is 41.7 Å². The third-order valence-corrected chi connectivity index (χ3v) is 4.62. The topological polar surface area (TPSA) is 49.8 Å². The summed E-state index contributed by atoms with van der Waals surface area (Å²) in [5.74, 6) is 0.0902. The maximum atomic E-state index is 12.7. The third kappa shape index (κ3) is 3.74. The molecule has 1 aliphatic heterocycles. The second kappa shape index (κ2) is 6.75. The first-order valence-electron chi connectivity index (χ1n) is 7.57. The Labute approximate surface area is 140 Å². The van der Waals surface area contributed by atoms with Crippen molar-refractivity contribution in [3.63, 3.8) is 0 Å². The van der Waals surface area contributed by atoms with Crippen LogP contribution in [0.3, 0.4) is 0 Å². The van der Waals surface area contributed by atoms with Gasteiger partial charge in [-0.15, -0.1) is 0 Å². The van der Waals surface area contributed by atoms with Crippen LogP contribution in [0.25, 0.3) is 0 Å². The number of hydrogen-bond acceptors (Lipinski definition) is 3. The molecular formula is C16H19Cl2NO3. The van der Waals surface area contributed by atoms with E-state index in [-0.39, 0.29) is 11.9 Å². The van der Waals surface area contributed by atoms with E-state index >= 15 is 0 Å². The van der Waals surface area contributed by atoms with Crippen LogP contribution in [0.1, 0.15) is 30.9 Å². The Bertz CT molecular complexity index is 536. The van der Waals surface area contributed by atoms with Gasteiger partial charge in [-0.25, -0.2) is 0 Å². The first-order chi connectivity index (χ1) is 10.5. The molecular weight excluding hydrogens is 325 g/mol. The van der Waals surface area contributed by atoms with E-state index in [2.05, 4.69) is 0 Å². The number of amides is 1. The summed E-state index contributed by atoms with van der Waals surface area (Å²) < 4.78 is 5.38. The molecule has 120 valence electrons.